The highest BCUT2D eigenvalue weighted by Gasteiger charge is 2.29. The van der Waals surface area contributed by atoms with E-state index in [1.54, 1.807) is 19.9 Å². The maximum atomic E-state index is 14.2. The maximum absolute atomic E-state index is 14.2. The summed E-state index contributed by atoms with van der Waals surface area (Å²) in [6.45, 7) is 4.13. The van der Waals surface area contributed by atoms with Gasteiger partial charge in [0.2, 0.25) is 0 Å². The molecule has 0 aliphatic carbocycles. The molecule has 1 fully saturated rings. The Bertz CT molecular complexity index is 378. The molecule has 0 aromatic heterocycles. The molecule has 1 heterocycles. The monoisotopic (exact) mass is 241 g/mol. The van der Waals surface area contributed by atoms with Crippen LogP contribution in [0.2, 0.25) is 5.02 Å². The molecule has 3 heteroatoms. The Morgan fingerprint density at radius 3 is 2.75 bits per heavy atom. The van der Waals surface area contributed by atoms with Crippen LogP contribution in [0.25, 0.3) is 0 Å². The van der Waals surface area contributed by atoms with E-state index in [-0.39, 0.29) is 6.04 Å². The Morgan fingerprint density at radius 2 is 2.19 bits per heavy atom. The topological polar surface area (TPSA) is 12.0 Å². The zero-order valence-electron chi connectivity index (χ0n) is 9.69. The minimum atomic E-state index is -1.39. The lowest BCUT2D eigenvalue weighted by molar-refractivity contribution is 0.218. The normalized spacial score (nSPS) is 21.4. The van der Waals surface area contributed by atoms with Crippen LogP contribution in [0.3, 0.4) is 0 Å². The summed E-state index contributed by atoms with van der Waals surface area (Å²) >= 11 is 6.12. The fourth-order valence-corrected chi connectivity index (χ4v) is 2.81. The molecule has 2 rings (SSSR count). The van der Waals surface area contributed by atoms with E-state index in [0.717, 1.165) is 24.9 Å². The van der Waals surface area contributed by atoms with Gasteiger partial charge in [0.1, 0.15) is 5.67 Å². The summed E-state index contributed by atoms with van der Waals surface area (Å²) in [5.74, 6) is 0. The van der Waals surface area contributed by atoms with Gasteiger partial charge in [-0.05, 0) is 44.9 Å². The summed E-state index contributed by atoms with van der Waals surface area (Å²) in [6, 6.07) is 5.89. The molecule has 0 saturated carbocycles. The Balaban J connectivity index is 2.47. The number of halogens is 2. The van der Waals surface area contributed by atoms with E-state index in [2.05, 4.69) is 5.32 Å². The van der Waals surface area contributed by atoms with Gasteiger partial charge >= 0.3 is 0 Å². The third-order valence-electron chi connectivity index (χ3n) is 3.08. The van der Waals surface area contributed by atoms with Gasteiger partial charge in [-0.3, -0.25) is 0 Å². The predicted molar refractivity (Wildman–Crippen MR) is 65.6 cm³/mol. The van der Waals surface area contributed by atoms with E-state index in [0.29, 0.717) is 10.6 Å². The molecule has 0 bridgehead atoms. The van der Waals surface area contributed by atoms with Gasteiger partial charge in [0.25, 0.3) is 0 Å². The number of hydrogen-bond donors (Lipinski definition) is 1. The van der Waals surface area contributed by atoms with Gasteiger partial charge in [-0.2, -0.15) is 0 Å². The van der Waals surface area contributed by atoms with Crippen LogP contribution in [-0.4, -0.2) is 6.54 Å². The van der Waals surface area contributed by atoms with E-state index in [9.17, 15) is 4.39 Å². The van der Waals surface area contributed by atoms with Crippen LogP contribution in [0.15, 0.2) is 18.2 Å². The minimum Gasteiger partial charge on any atom is -0.310 e. The van der Waals surface area contributed by atoms with Crippen LogP contribution in [-0.2, 0) is 5.67 Å². The van der Waals surface area contributed by atoms with Crippen LogP contribution in [0.4, 0.5) is 4.39 Å². The van der Waals surface area contributed by atoms with E-state index >= 15 is 0 Å². The third-order valence-corrected chi connectivity index (χ3v) is 3.39. The molecule has 1 nitrogen and oxygen atoms in total. The van der Waals surface area contributed by atoms with E-state index in [4.69, 9.17) is 11.6 Å². The zero-order chi connectivity index (χ0) is 11.8. The average Bonchev–Trinajstić information content (AvgIpc) is 2.67. The molecule has 1 atom stereocenters. The van der Waals surface area contributed by atoms with Crippen LogP contribution in [0, 0.1) is 0 Å². The Labute approximate surface area is 101 Å². The van der Waals surface area contributed by atoms with Crippen molar-refractivity contribution in [3.05, 3.63) is 34.3 Å². The minimum absolute atomic E-state index is 0.253. The summed E-state index contributed by atoms with van der Waals surface area (Å²) in [4.78, 5) is 0. The highest BCUT2D eigenvalue weighted by molar-refractivity contribution is 6.31. The summed E-state index contributed by atoms with van der Waals surface area (Å²) in [5.41, 5.74) is 0.256. The number of alkyl halides is 1. The van der Waals surface area contributed by atoms with Crippen LogP contribution < -0.4 is 5.32 Å². The Kier molecular flexibility index (Phi) is 3.22. The first-order chi connectivity index (χ1) is 7.50. The summed E-state index contributed by atoms with van der Waals surface area (Å²) < 4.78 is 14.2. The molecule has 1 aromatic carbocycles. The summed E-state index contributed by atoms with van der Waals surface area (Å²) in [6.07, 6.45) is 2.20. The van der Waals surface area contributed by atoms with Crippen LogP contribution in [0.5, 0.6) is 0 Å². The van der Waals surface area contributed by atoms with E-state index in [1.165, 1.54) is 0 Å². The molecule has 1 aliphatic heterocycles. The second-order valence-electron chi connectivity index (χ2n) is 4.83. The van der Waals surface area contributed by atoms with Gasteiger partial charge in [-0.15, -0.1) is 0 Å². The molecule has 88 valence electrons. The molecule has 0 spiro atoms. The lowest BCUT2D eigenvalue weighted by Gasteiger charge is -2.24. The van der Waals surface area contributed by atoms with Crippen molar-refractivity contribution in [2.75, 3.05) is 6.54 Å². The van der Waals surface area contributed by atoms with Gasteiger partial charge in [-0.25, -0.2) is 4.39 Å². The van der Waals surface area contributed by atoms with Gasteiger partial charge in [0, 0.05) is 16.6 Å². The van der Waals surface area contributed by atoms with Gasteiger partial charge in [-0.1, -0.05) is 23.7 Å². The molecule has 1 saturated heterocycles. The highest BCUT2D eigenvalue weighted by atomic mass is 35.5. The molecular formula is C13H17ClFN. The first-order valence-corrected chi connectivity index (χ1v) is 6.09. The molecular weight excluding hydrogens is 225 g/mol. The molecule has 16 heavy (non-hydrogen) atoms. The van der Waals surface area contributed by atoms with E-state index in [1.807, 2.05) is 12.1 Å². The first-order valence-electron chi connectivity index (χ1n) is 5.71. The van der Waals surface area contributed by atoms with Gasteiger partial charge < -0.3 is 5.32 Å². The van der Waals surface area contributed by atoms with Crippen molar-refractivity contribution in [2.45, 2.75) is 38.4 Å². The number of nitrogens with one attached hydrogen (secondary N) is 1. The molecule has 0 amide bonds. The molecule has 0 radical (unpaired) electrons. The SMILES string of the molecule is CC(C)(F)c1c(Cl)cccc1C1CCCN1. The van der Waals surface area contributed by atoms with Crippen molar-refractivity contribution in [2.24, 2.45) is 0 Å². The highest BCUT2D eigenvalue weighted by Crippen LogP contribution is 2.38. The second kappa shape index (κ2) is 4.34. The average molecular weight is 242 g/mol. The number of hydrogen-bond acceptors (Lipinski definition) is 1. The van der Waals surface area contributed by atoms with Crippen molar-refractivity contribution in [1.82, 2.24) is 5.32 Å². The van der Waals surface area contributed by atoms with Crippen LogP contribution in [0.1, 0.15) is 43.9 Å². The lowest BCUT2D eigenvalue weighted by Crippen LogP contribution is -2.20. The number of benzene rings is 1. The number of rotatable bonds is 2. The van der Waals surface area contributed by atoms with Crippen molar-refractivity contribution < 1.29 is 4.39 Å². The van der Waals surface area contributed by atoms with Crippen molar-refractivity contribution in [1.29, 1.82) is 0 Å². The predicted octanol–water partition coefficient (Wildman–Crippen LogP) is 3.97. The first kappa shape index (κ1) is 11.9. The van der Waals surface area contributed by atoms with Crippen molar-refractivity contribution in [3.63, 3.8) is 0 Å². The third kappa shape index (κ3) is 2.23. The van der Waals surface area contributed by atoms with Gasteiger partial charge in [0.05, 0.1) is 0 Å². The maximum Gasteiger partial charge on any atom is 0.132 e. The standard InChI is InChI=1S/C13H17ClFN/c1-13(2,15)12-9(5-3-6-10(12)14)11-7-4-8-16-11/h3,5-6,11,16H,4,7-8H2,1-2H3. The smallest absolute Gasteiger partial charge is 0.132 e. The quantitative estimate of drug-likeness (QED) is 0.826. The molecule has 1 unspecified atom stereocenters. The van der Waals surface area contributed by atoms with Crippen LogP contribution >= 0.6 is 11.6 Å². The summed E-state index contributed by atoms with van der Waals surface area (Å²) in [7, 11) is 0. The van der Waals surface area contributed by atoms with Crippen molar-refractivity contribution in [3.8, 4) is 0 Å². The Morgan fingerprint density at radius 1 is 1.44 bits per heavy atom. The lowest BCUT2D eigenvalue weighted by atomic mass is 9.90. The van der Waals surface area contributed by atoms with Gasteiger partial charge in [0.15, 0.2) is 0 Å². The van der Waals surface area contributed by atoms with E-state index < -0.39 is 5.67 Å². The Hall–Kier alpha value is -0.600. The summed E-state index contributed by atoms with van der Waals surface area (Å²) in [5, 5.41) is 3.91. The largest absolute Gasteiger partial charge is 0.310 e. The molecule has 1 N–H and O–H groups in total. The molecule has 1 aromatic rings. The molecule has 1 aliphatic rings. The van der Waals surface area contributed by atoms with Crippen molar-refractivity contribution >= 4 is 11.6 Å². The second-order valence-corrected chi connectivity index (χ2v) is 5.23. The fraction of sp³-hybridized carbons (Fsp3) is 0.538. The fourth-order valence-electron chi connectivity index (χ4n) is 2.41. The zero-order valence-corrected chi connectivity index (χ0v) is 10.4.